The van der Waals surface area contributed by atoms with Gasteiger partial charge in [-0.05, 0) is 31.7 Å². The Kier molecular flexibility index (Phi) is 4.83. The van der Waals surface area contributed by atoms with Gasteiger partial charge in [-0.25, -0.2) is 4.68 Å². The second kappa shape index (κ2) is 7.40. The lowest BCUT2D eigenvalue weighted by molar-refractivity contribution is 0.194. The van der Waals surface area contributed by atoms with Crippen LogP contribution in [0.25, 0.3) is 6.08 Å². The summed E-state index contributed by atoms with van der Waals surface area (Å²) in [4.78, 5) is 2.50. The summed E-state index contributed by atoms with van der Waals surface area (Å²) in [7, 11) is 1.72. The summed E-state index contributed by atoms with van der Waals surface area (Å²) in [5.74, 6) is 1.61. The predicted molar refractivity (Wildman–Crippen MR) is 98.7 cm³/mol. The number of para-hydroxylation sites is 1. The second-order valence-corrected chi connectivity index (χ2v) is 7.07. The van der Waals surface area contributed by atoms with Crippen LogP contribution in [-0.4, -0.2) is 46.6 Å². The molecule has 1 saturated carbocycles. The third-order valence-corrected chi connectivity index (χ3v) is 5.25. The smallest absolute Gasteiger partial charge is 0.126 e. The number of aromatic nitrogens is 3. The van der Waals surface area contributed by atoms with Crippen LogP contribution in [-0.2, 0) is 0 Å². The first-order chi connectivity index (χ1) is 12.3. The molecule has 1 aliphatic carbocycles. The molecule has 1 aliphatic heterocycles. The normalized spacial score (nSPS) is 19.6. The maximum Gasteiger partial charge on any atom is 0.126 e. The highest BCUT2D eigenvalue weighted by Gasteiger charge is 2.28. The molecule has 0 bridgehead atoms. The van der Waals surface area contributed by atoms with Gasteiger partial charge >= 0.3 is 0 Å². The number of likely N-dealkylation sites (tertiary alicyclic amines) is 1. The molecule has 5 heteroatoms. The van der Waals surface area contributed by atoms with Gasteiger partial charge in [0.15, 0.2) is 0 Å². The van der Waals surface area contributed by atoms with Gasteiger partial charge in [-0.2, -0.15) is 0 Å². The quantitative estimate of drug-likeness (QED) is 0.808. The summed E-state index contributed by atoms with van der Waals surface area (Å²) in [5, 5.41) is 8.72. The van der Waals surface area contributed by atoms with E-state index in [1.807, 2.05) is 18.2 Å². The van der Waals surface area contributed by atoms with Crippen molar-refractivity contribution in [2.24, 2.45) is 0 Å². The Balaban J connectivity index is 1.27. The number of benzene rings is 1. The maximum absolute atomic E-state index is 5.39. The zero-order chi connectivity index (χ0) is 17.1. The van der Waals surface area contributed by atoms with Crippen LogP contribution in [0.4, 0.5) is 0 Å². The molecular weight excluding hydrogens is 312 g/mol. The van der Waals surface area contributed by atoms with Gasteiger partial charge in [0.1, 0.15) is 5.75 Å². The van der Waals surface area contributed by atoms with Crippen LogP contribution in [0.1, 0.15) is 48.9 Å². The summed E-state index contributed by atoms with van der Waals surface area (Å²) < 4.78 is 7.50. The lowest BCUT2D eigenvalue weighted by Gasteiger charge is -2.30. The molecule has 5 nitrogen and oxygen atoms in total. The molecule has 132 valence electrons. The molecule has 4 rings (SSSR count). The van der Waals surface area contributed by atoms with E-state index >= 15 is 0 Å². The Morgan fingerprint density at radius 2 is 1.96 bits per heavy atom. The zero-order valence-corrected chi connectivity index (χ0v) is 14.8. The third-order valence-electron chi connectivity index (χ3n) is 5.25. The molecule has 2 fully saturated rings. The predicted octanol–water partition coefficient (Wildman–Crippen LogP) is 3.51. The highest BCUT2D eigenvalue weighted by Crippen LogP contribution is 2.39. The number of nitrogens with zero attached hydrogens (tertiary/aromatic N) is 4. The zero-order valence-electron chi connectivity index (χ0n) is 14.8. The Bertz CT molecular complexity index is 727. The molecule has 1 aromatic carbocycles. The lowest BCUT2D eigenvalue weighted by atomic mass is 10.1. The molecule has 0 amide bonds. The van der Waals surface area contributed by atoms with E-state index in [0.29, 0.717) is 12.0 Å². The van der Waals surface area contributed by atoms with Crippen LogP contribution in [0.15, 0.2) is 36.5 Å². The van der Waals surface area contributed by atoms with Crippen LogP contribution >= 0.6 is 0 Å². The number of hydrogen-bond acceptors (Lipinski definition) is 4. The van der Waals surface area contributed by atoms with Gasteiger partial charge in [0.25, 0.3) is 0 Å². The van der Waals surface area contributed by atoms with E-state index in [1.54, 1.807) is 7.11 Å². The van der Waals surface area contributed by atoms with Crippen LogP contribution in [0.2, 0.25) is 0 Å². The van der Waals surface area contributed by atoms with Crippen molar-refractivity contribution in [1.82, 2.24) is 19.9 Å². The van der Waals surface area contributed by atoms with E-state index in [2.05, 4.69) is 44.3 Å². The van der Waals surface area contributed by atoms with E-state index in [4.69, 9.17) is 4.74 Å². The Hall–Kier alpha value is -2.14. The molecule has 0 radical (unpaired) electrons. The largest absolute Gasteiger partial charge is 0.496 e. The Labute approximate surface area is 149 Å². The van der Waals surface area contributed by atoms with Crippen molar-refractivity contribution in [1.29, 1.82) is 0 Å². The van der Waals surface area contributed by atoms with Gasteiger partial charge in [-0.1, -0.05) is 35.6 Å². The summed E-state index contributed by atoms with van der Waals surface area (Å²) in [6.45, 7) is 3.20. The molecule has 2 heterocycles. The average molecular weight is 338 g/mol. The number of hydrogen-bond donors (Lipinski definition) is 0. The number of piperidine rings is 1. The lowest BCUT2D eigenvalue weighted by Crippen LogP contribution is -2.34. The Morgan fingerprint density at radius 1 is 1.16 bits per heavy atom. The number of ether oxygens (including phenoxy) is 1. The summed E-state index contributed by atoms with van der Waals surface area (Å²) in [6, 6.07) is 8.64. The fourth-order valence-corrected chi connectivity index (χ4v) is 3.53. The SMILES string of the molecule is COc1ccccc1/C=C/CN1CCC(n2cc(C3CC3)nn2)CC1. The standard InChI is InChI=1S/C20H26N4O/c1-25-20-7-3-2-5-17(20)6-4-12-23-13-10-18(11-14-23)24-15-19(21-22-24)16-8-9-16/h2-7,15-16,18H,8-14H2,1H3/b6-4+. The van der Waals surface area contributed by atoms with Gasteiger partial charge < -0.3 is 4.74 Å². The number of rotatable bonds is 6. The number of methoxy groups -OCH3 is 1. The van der Waals surface area contributed by atoms with Crippen LogP contribution in [0.3, 0.4) is 0 Å². The summed E-state index contributed by atoms with van der Waals surface area (Å²) in [5.41, 5.74) is 2.33. The van der Waals surface area contributed by atoms with E-state index in [9.17, 15) is 0 Å². The van der Waals surface area contributed by atoms with Gasteiger partial charge in [0.2, 0.25) is 0 Å². The van der Waals surface area contributed by atoms with Crippen molar-refractivity contribution >= 4 is 6.08 Å². The van der Waals surface area contributed by atoms with E-state index in [-0.39, 0.29) is 0 Å². The molecule has 1 saturated heterocycles. The molecule has 2 aromatic rings. The van der Waals surface area contributed by atoms with Crippen molar-refractivity contribution < 1.29 is 4.74 Å². The van der Waals surface area contributed by atoms with Crippen molar-refractivity contribution in [3.05, 3.63) is 47.8 Å². The topological polar surface area (TPSA) is 43.2 Å². The maximum atomic E-state index is 5.39. The van der Waals surface area contributed by atoms with Gasteiger partial charge in [-0.3, -0.25) is 4.90 Å². The Morgan fingerprint density at radius 3 is 2.72 bits per heavy atom. The molecule has 0 unspecified atom stereocenters. The van der Waals surface area contributed by atoms with Crippen LogP contribution in [0.5, 0.6) is 5.75 Å². The fraction of sp³-hybridized carbons (Fsp3) is 0.500. The fourth-order valence-electron chi connectivity index (χ4n) is 3.53. The first-order valence-electron chi connectivity index (χ1n) is 9.27. The molecule has 25 heavy (non-hydrogen) atoms. The van der Waals surface area contributed by atoms with Crippen molar-refractivity contribution in [3.8, 4) is 5.75 Å². The van der Waals surface area contributed by atoms with E-state index in [0.717, 1.165) is 43.8 Å². The third kappa shape index (κ3) is 3.93. The molecular formula is C20H26N4O. The van der Waals surface area contributed by atoms with Crippen LogP contribution < -0.4 is 4.74 Å². The van der Waals surface area contributed by atoms with Crippen molar-refractivity contribution in [3.63, 3.8) is 0 Å². The second-order valence-electron chi connectivity index (χ2n) is 7.07. The first kappa shape index (κ1) is 16.3. The monoisotopic (exact) mass is 338 g/mol. The summed E-state index contributed by atoms with van der Waals surface area (Å²) in [6.07, 6.45) is 11.4. The highest BCUT2D eigenvalue weighted by molar-refractivity contribution is 5.57. The van der Waals surface area contributed by atoms with E-state index < -0.39 is 0 Å². The molecule has 0 N–H and O–H groups in total. The minimum Gasteiger partial charge on any atom is -0.496 e. The highest BCUT2D eigenvalue weighted by atomic mass is 16.5. The minimum absolute atomic E-state index is 0.509. The van der Waals surface area contributed by atoms with Crippen molar-refractivity contribution in [2.75, 3.05) is 26.7 Å². The van der Waals surface area contributed by atoms with Crippen LogP contribution in [0, 0.1) is 0 Å². The first-order valence-corrected chi connectivity index (χ1v) is 9.27. The molecule has 0 atom stereocenters. The molecule has 1 aromatic heterocycles. The molecule has 2 aliphatic rings. The van der Waals surface area contributed by atoms with E-state index in [1.165, 1.54) is 18.5 Å². The average Bonchev–Trinajstić information content (AvgIpc) is 3.40. The summed E-state index contributed by atoms with van der Waals surface area (Å²) >= 11 is 0. The minimum atomic E-state index is 0.509. The van der Waals surface area contributed by atoms with Gasteiger partial charge in [-0.15, -0.1) is 5.10 Å². The molecule has 0 spiro atoms. The van der Waals surface area contributed by atoms with Gasteiger partial charge in [0, 0.05) is 37.3 Å². The van der Waals surface area contributed by atoms with Crippen molar-refractivity contribution in [2.45, 2.75) is 37.6 Å². The van der Waals surface area contributed by atoms with Gasteiger partial charge in [0.05, 0.1) is 18.8 Å².